The van der Waals surface area contributed by atoms with Crippen LogP contribution in [0.25, 0.3) is 24.3 Å². The minimum absolute atomic E-state index is 0.191. The Labute approximate surface area is 289 Å². The van der Waals surface area contributed by atoms with E-state index in [1.807, 2.05) is 0 Å². The van der Waals surface area contributed by atoms with E-state index in [4.69, 9.17) is 0 Å². The molecule has 0 spiro atoms. The average molecular weight is 633 g/mol. The van der Waals surface area contributed by atoms with E-state index >= 15 is 0 Å². The Hall–Kier alpha value is -4.50. The van der Waals surface area contributed by atoms with Crippen molar-refractivity contribution in [2.45, 2.75) is 78.6 Å². The Balaban J connectivity index is 1.03. The zero-order valence-electron chi connectivity index (χ0n) is 29.7. The van der Waals surface area contributed by atoms with Crippen LogP contribution in [0.5, 0.6) is 0 Å². The molecule has 0 amide bonds. The summed E-state index contributed by atoms with van der Waals surface area (Å²) in [5.74, 6) is 0. The second-order valence-corrected chi connectivity index (χ2v) is 14.9. The maximum absolute atomic E-state index is 3.57. The van der Waals surface area contributed by atoms with Gasteiger partial charge in [-0.1, -0.05) is 187 Å². The standard InChI is InChI=1S/C46H52N2/c1-45(2,3)43-27-23-41(24-28-43)33-47-31-39-19-15-37(16-20-39)13-11-35-7-9-36(10-8-35)12-14-38-17-21-40(22-18-38)32-48-34-42-25-29-44(30-26-42)46(4,5)6/h7-30,47-48H,31-34H2,1-6H3/b13-11+,14-12+. The lowest BCUT2D eigenvalue weighted by Crippen LogP contribution is -2.14. The molecular weight excluding hydrogens is 581 g/mol. The molecule has 0 aliphatic rings. The number of hydrogen-bond donors (Lipinski definition) is 2. The van der Waals surface area contributed by atoms with Crippen LogP contribution >= 0.6 is 0 Å². The molecule has 246 valence electrons. The van der Waals surface area contributed by atoms with Gasteiger partial charge in [0, 0.05) is 26.2 Å². The van der Waals surface area contributed by atoms with Crippen LogP contribution in [0.2, 0.25) is 0 Å². The molecule has 0 atom stereocenters. The van der Waals surface area contributed by atoms with Crippen LogP contribution < -0.4 is 10.6 Å². The van der Waals surface area contributed by atoms with E-state index in [1.54, 1.807) is 0 Å². The fourth-order valence-corrected chi connectivity index (χ4v) is 5.54. The Morgan fingerprint density at radius 3 is 0.771 bits per heavy atom. The summed E-state index contributed by atoms with van der Waals surface area (Å²) in [6.45, 7) is 17.0. The van der Waals surface area contributed by atoms with E-state index in [-0.39, 0.29) is 10.8 Å². The second-order valence-electron chi connectivity index (χ2n) is 14.9. The van der Waals surface area contributed by atoms with Crippen molar-refractivity contribution in [3.05, 3.63) is 177 Å². The third-order valence-corrected chi connectivity index (χ3v) is 8.79. The SMILES string of the molecule is CC(C)(C)c1ccc(CNCc2ccc(/C=C/c3ccc(/C=C/c4ccc(CNCc5ccc(C(C)(C)C)cc5)cc4)cc3)cc2)cc1. The maximum Gasteiger partial charge on any atom is 0.0208 e. The van der Waals surface area contributed by atoms with Gasteiger partial charge in [0.1, 0.15) is 0 Å². The van der Waals surface area contributed by atoms with Gasteiger partial charge in [-0.15, -0.1) is 0 Å². The fraction of sp³-hybridized carbons (Fsp3) is 0.261. The van der Waals surface area contributed by atoms with Crippen molar-refractivity contribution in [1.29, 1.82) is 0 Å². The molecular formula is C46H52N2. The van der Waals surface area contributed by atoms with Crippen LogP contribution in [0, 0.1) is 0 Å². The van der Waals surface area contributed by atoms with Crippen molar-refractivity contribution >= 4 is 24.3 Å². The number of rotatable bonds is 12. The van der Waals surface area contributed by atoms with Crippen molar-refractivity contribution in [3.8, 4) is 0 Å². The molecule has 0 aromatic heterocycles. The van der Waals surface area contributed by atoms with Gasteiger partial charge in [0.05, 0.1) is 0 Å². The number of hydrogen-bond acceptors (Lipinski definition) is 2. The van der Waals surface area contributed by atoms with Gasteiger partial charge < -0.3 is 10.6 Å². The first-order chi connectivity index (χ1) is 23.0. The fourth-order valence-electron chi connectivity index (χ4n) is 5.54. The smallest absolute Gasteiger partial charge is 0.0208 e. The van der Waals surface area contributed by atoms with Crippen LogP contribution in [0.15, 0.2) is 121 Å². The summed E-state index contributed by atoms with van der Waals surface area (Å²) in [5.41, 5.74) is 13.1. The van der Waals surface area contributed by atoms with E-state index in [0.29, 0.717) is 0 Å². The van der Waals surface area contributed by atoms with Gasteiger partial charge in [-0.05, 0) is 66.5 Å². The summed E-state index contributed by atoms with van der Waals surface area (Å²) in [4.78, 5) is 0. The average Bonchev–Trinajstić information content (AvgIpc) is 3.08. The molecule has 2 N–H and O–H groups in total. The lowest BCUT2D eigenvalue weighted by atomic mass is 9.87. The molecule has 0 radical (unpaired) electrons. The zero-order chi connectivity index (χ0) is 34.0. The topological polar surface area (TPSA) is 24.1 Å². The van der Waals surface area contributed by atoms with Crippen LogP contribution in [0.4, 0.5) is 0 Å². The molecule has 48 heavy (non-hydrogen) atoms. The van der Waals surface area contributed by atoms with Crippen LogP contribution in [-0.4, -0.2) is 0 Å². The zero-order valence-corrected chi connectivity index (χ0v) is 29.7. The minimum Gasteiger partial charge on any atom is -0.309 e. The third-order valence-electron chi connectivity index (χ3n) is 8.79. The van der Waals surface area contributed by atoms with Gasteiger partial charge in [0.2, 0.25) is 0 Å². The maximum atomic E-state index is 3.57. The van der Waals surface area contributed by atoms with Gasteiger partial charge in [-0.2, -0.15) is 0 Å². The molecule has 5 aromatic carbocycles. The van der Waals surface area contributed by atoms with E-state index in [0.717, 1.165) is 26.2 Å². The van der Waals surface area contributed by atoms with Crippen LogP contribution in [-0.2, 0) is 37.0 Å². The van der Waals surface area contributed by atoms with Crippen LogP contribution in [0.3, 0.4) is 0 Å². The number of nitrogens with one attached hydrogen (secondary N) is 2. The summed E-state index contributed by atoms with van der Waals surface area (Å²) in [7, 11) is 0. The second kappa shape index (κ2) is 16.1. The molecule has 2 nitrogen and oxygen atoms in total. The van der Waals surface area contributed by atoms with E-state index in [2.05, 4.69) is 198 Å². The molecule has 5 aromatic rings. The first kappa shape index (κ1) is 34.8. The summed E-state index contributed by atoms with van der Waals surface area (Å²) < 4.78 is 0. The summed E-state index contributed by atoms with van der Waals surface area (Å²) in [6, 6.07) is 44.2. The summed E-state index contributed by atoms with van der Waals surface area (Å²) in [6.07, 6.45) is 8.71. The molecule has 0 bridgehead atoms. The van der Waals surface area contributed by atoms with Gasteiger partial charge in [0.15, 0.2) is 0 Å². The Morgan fingerprint density at radius 1 is 0.333 bits per heavy atom. The highest BCUT2D eigenvalue weighted by molar-refractivity contribution is 5.73. The van der Waals surface area contributed by atoms with E-state index in [1.165, 1.54) is 55.6 Å². The van der Waals surface area contributed by atoms with E-state index in [9.17, 15) is 0 Å². The lowest BCUT2D eigenvalue weighted by Gasteiger charge is -2.19. The third kappa shape index (κ3) is 10.8. The highest BCUT2D eigenvalue weighted by Gasteiger charge is 2.13. The normalized spacial score (nSPS) is 12.3. The highest BCUT2D eigenvalue weighted by Crippen LogP contribution is 2.23. The number of benzene rings is 5. The van der Waals surface area contributed by atoms with Crippen molar-refractivity contribution in [3.63, 3.8) is 0 Å². The van der Waals surface area contributed by atoms with Crippen molar-refractivity contribution < 1.29 is 0 Å². The molecule has 0 aliphatic heterocycles. The summed E-state index contributed by atoms with van der Waals surface area (Å²) >= 11 is 0. The molecule has 2 heteroatoms. The molecule has 0 saturated carbocycles. The predicted octanol–water partition coefficient (Wildman–Crippen LogP) is 11.2. The van der Waals surface area contributed by atoms with Gasteiger partial charge >= 0.3 is 0 Å². The quantitative estimate of drug-likeness (QED) is 0.134. The molecule has 0 aliphatic carbocycles. The molecule has 0 unspecified atom stereocenters. The van der Waals surface area contributed by atoms with Gasteiger partial charge in [-0.25, -0.2) is 0 Å². The van der Waals surface area contributed by atoms with Crippen molar-refractivity contribution in [1.82, 2.24) is 10.6 Å². The largest absolute Gasteiger partial charge is 0.309 e. The van der Waals surface area contributed by atoms with Crippen LogP contribution in [0.1, 0.15) is 97.2 Å². The molecule has 0 heterocycles. The molecule has 5 rings (SSSR count). The van der Waals surface area contributed by atoms with Crippen molar-refractivity contribution in [2.24, 2.45) is 0 Å². The van der Waals surface area contributed by atoms with E-state index < -0.39 is 0 Å². The first-order valence-corrected chi connectivity index (χ1v) is 17.3. The Morgan fingerprint density at radius 2 is 0.542 bits per heavy atom. The molecule has 0 saturated heterocycles. The van der Waals surface area contributed by atoms with Crippen molar-refractivity contribution in [2.75, 3.05) is 0 Å². The summed E-state index contributed by atoms with van der Waals surface area (Å²) in [5, 5.41) is 7.15. The monoisotopic (exact) mass is 632 g/mol. The highest BCUT2D eigenvalue weighted by atomic mass is 14.8. The lowest BCUT2D eigenvalue weighted by molar-refractivity contribution is 0.589. The minimum atomic E-state index is 0.191. The van der Waals surface area contributed by atoms with Gasteiger partial charge in [-0.3, -0.25) is 0 Å². The van der Waals surface area contributed by atoms with Gasteiger partial charge in [0.25, 0.3) is 0 Å². The first-order valence-electron chi connectivity index (χ1n) is 17.3. The Bertz CT molecular complexity index is 1620. The molecule has 0 fully saturated rings. The predicted molar refractivity (Wildman–Crippen MR) is 209 cm³/mol. The Kier molecular flexibility index (Phi) is 11.7.